The largest absolute Gasteiger partial charge is 0.497 e. The lowest BCUT2D eigenvalue weighted by atomic mass is 9.98. The Labute approximate surface area is 110 Å². The molecule has 4 rings (SSSR count). The van der Waals surface area contributed by atoms with Gasteiger partial charge in [0.1, 0.15) is 12.5 Å². The van der Waals surface area contributed by atoms with Crippen LogP contribution in [0.4, 0.5) is 0 Å². The van der Waals surface area contributed by atoms with Crippen molar-refractivity contribution in [3.8, 4) is 5.75 Å². The van der Waals surface area contributed by atoms with E-state index in [9.17, 15) is 4.79 Å². The fourth-order valence-corrected chi connectivity index (χ4v) is 3.08. The lowest BCUT2D eigenvalue weighted by Gasteiger charge is -2.25. The summed E-state index contributed by atoms with van der Waals surface area (Å²) >= 11 is 0. The smallest absolute Gasteiger partial charge is 0.330 e. The van der Waals surface area contributed by atoms with E-state index in [0.29, 0.717) is 6.73 Å². The number of rotatable bonds is 1. The number of methoxy groups -OCH3 is 1. The molecule has 2 aromatic rings. The van der Waals surface area contributed by atoms with Crippen molar-refractivity contribution >= 4 is 16.9 Å². The number of esters is 1. The van der Waals surface area contributed by atoms with Gasteiger partial charge < -0.3 is 14.5 Å². The molecule has 0 saturated carbocycles. The Morgan fingerprint density at radius 3 is 3.21 bits per heavy atom. The van der Waals surface area contributed by atoms with Crippen LogP contribution in [0, 0.1) is 0 Å². The van der Waals surface area contributed by atoms with Crippen molar-refractivity contribution in [1.82, 2.24) is 9.88 Å². The topological polar surface area (TPSA) is 54.6 Å². The molecule has 0 aliphatic carbocycles. The predicted molar refractivity (Wildman–Crippen MR) is 69.0 cm³/mol. The number of aromatic amines is 1. The third-order valence-corrected chi connectivity index (χ3v) is 4.03. The molecule has 1 fully saturated rings. The van der Waals surface area contributed by atoms with E-state index in [2.05, 4.69) is 9.88 Å². The summed E-state index contributed by atoms with van der Waals surface area (Å²) in [5.74, 6) is 0.685. The van der Waals surface area contributed by atoms with Crippen LogP contribution in [0.5, 0.6) is 5.75 Å². The highest BCUT2D eigenvalue weighted by Gasteiger charge is 2.41. The first-order chi connectivity index (χ1) is 9.28. The van der Waals surface area contributed by atoms with Gasteiger partial charge in [0.05, 0.1) is 7.11 Å². The van der Waals surface area contributed by atoms with Gasteiger partial charge in [-0.2, -0.15) is 0 Å². The van der Waals surface area contributed by atoms with Crippen LogP contribution in [0.15, 0.2) is 18.2 Å². The van der Waals surface area contributed by atoms with E-state index in [-0.39, 0.29) is 12.0 Å². The minimum atomic E-state index is -0.262. The minimum Gasteiger partial charge on any atom is -0.497 e. The fraction of sp³-hybridized carbons (Fsp3) is 0.357. The minimum absolute atomic E-state index is 0.153. The highest BCUT2D eigenvalue weighted by Crippen LogP contribution is 2.38. The zero-order valence-corrected chi connectivity index (χ0v) is 10.6. The number of aromatic nitrogens is 1. The molecule has 0 bridgehead atoms. The van der Waals surface area contributed by atoms with Crippen LogP contribution in [-0.4, -0.2) is 36.2 Å². The number of fused-ring (bicyclic) bond motifs is 5. The van der Waals surface area contributed by atoms with Gasteiger partial charge in [-0.05, 0) is 30.2 Å². The number of carbonyl (C=O) groups is 1. The summed E-state index contributed by atoms with van der Waals surface area (Å²) in [7, 11) is 1.66. The van der Waals surface area contributed by atoms with Gasteiger partial charge in [-0.1, -0.05) is 0 Å². The van der Waals surface area contributed by atoms with Crippen molar-refractivity contribution in [2.75, 3.05) is 20.4 Å². The Hall–Kier alpha value is -2.01. The molecular weight excluding hydrogens is 244 g/mol. The zero-order valence-electron chi connectivity index (χ0n) is 10.6. The third kappa shape index (κ3) is 1.42. The fourth-order valence-electron chi connectivity index (χ4n) is 3.08. The van der Waals surface area contributed by atoms with Gasteiger partial charge in [-0.25, -0.2) is 4.79 Å². The van der Waals surface area contributed by atoms with Crippen LogP contribution in [0.2, 0.25) is 0 Å². The van der Waals surface area contributed by atoms with Gasteiger partial charge in [-0.3, -0.25) is 4.90 Å². The molecule has 1 atom stereocenters. The standard InChI is InChI=1S/C14H14N2O3/c1-18-8-2-3-11-10(6-8)9-4-5-16-7-19-14(17)13(16)12(9)15-11/h2-3,6,13,15H,4-5,7H2,1H3. The Morgan fingerprint density at radius 2 is 2.37 bits per heavy atom. The van der Waals surface area contributed by atoms with E-state index < -0.39 is 0 Å². The number of hydrogen-bond acceptors (Lipinski definition) is 4. The summed E-state index contributed by atoms with van der Waals surface area (Å²) in [5.41, 5.74) is 3.25. The van der Waals surface area contributed by atoms with Crippen molar-refractivity contribution in [2.24, 2.45) is 0 Å². The number of H-pyrrole nitrogens is 1. The first kappa shape index (κ1) is 10.9. The first-order valence-corrected chi connectivity index (χ1v) is 6.37. The van der Waals surface area contributed by atoms with Gasteiger partial charge >= 0.3 is 5.97 Å². The molecular formula is C14H14N2O3. The van der Waals surface area contributed by atoms with Crippen LogP contribution in [0.1, 0.15) is 17.3 Å². The lowest BCUT2D eigenvalue weighted by Crippen LogP contribution is -2.32. The van der Waals surface area contributed by atoms with E-state index in [0.717, 1.165) is 35.3 Å². The number of nitrogens with one attached hydrogen (secondary N) is 1. The number of hydrogen-bond donors (Lipinski definition) is 1. The quantitative estimate of drug-likeness (QED) is 0.789. The maximum Gasteiger partial charge on any atom is 0.330 e. The van der Waals surface area contributed by atoms with Crippen molar-refractivity contribution in [3.63, 3.8) is 0 Å². The second kappa shape index (κ2) is 3.74. The van der Waals surface area contributed by atoms with Crippen LogP contribution in [-0.2, 0) is 16.0 Å². The highest BCUT2D eigenvalue weighted by atomic mass is 16.6. The number of ether oxygens (including phenoxy) is 2. The molecule has 5 heteroatoms. The normalized spacial score (nSPS) is 22.2. The summed E-state index contributed by atoms with van der Waals surface area (Å²) in [6.07, 6.45) is 0.926. The number of benzene rings is 1. The summed E-state index contributed by atoms with van der Waals surface area (Å²) in [6, 6.07) is 5.69. The summed E-state index contributed by atoms with van der Waals surface area (Å²) in [5, 5.41) is 1.15. The molecule has 1 N–H and O–H groups in total. The Balaban J connectivity index is 1.93. The number of cyclic esters (lactones) is 1. The van der Waals surface area contributed by atoms with Crippen molar-refractivity contribution in [3.05, 3.63) is 29.5 Å². The van der Waals surface area contributed by atoms with E-state index in [1.54, 1.807) is 7.11 Å². The average molecular weight is 258 g/mol. The van der Waals surface area contributed by atoms with E-state index >= 15 is 0 Å². The van der Waals surface area contributed by atoms with Crippen LogP contribution in [0.25, 0.3) is 10.9 Å². The second-order valence-corrected chi connectivity index (χ2v) is 4.99. The zero-order chi connectivity index (χ0) is 13.0. The first-order valence-electron chi connectivity index (χ1n) is 6.37. The van der Waals surface area contributed by atoms with Gasteiger partial charge in [0, 0.05) is 23.1 Å². The van der Waals surface area contributed by atoms with Gasteiger partial charge in [0.15, 0.2) is 6.04 Å². The molecule has 5 nitrogen and oxygen atoms in total. The van der Waals surface area contributed by atoms with Crippen molar-refractivity contribution in [1.29, 1.82) is 0 Å². The average Bonchev–Trinajstić information content (AvgIpc) is 2.98. The molecule has 1 aromatic carbocycles. The van der Waals surface area contributed by atoms with Gasteiger partial charge in [0.25, 0.3) is 0 Å². The number of nitrogens with zero attached hydrogens (tertiary/aromatic N) is 1. The van der Waals surface area contributed by atoms with Crippen LogP contribution >= 0.6 is 0 Å². The summed E-state index contributed by atoms with van der Waals surface area (Å²) < 4.78 is 10.4. The predicted octanol–water partition coefficient (Wildman–Crippen LogP) is 1.59. The molecule has 98 valence electrons. The Kier molecular flexibility index (Phi) is 2.14. The Bertz CT molecular complexity index is 677. The molecule has 19 heavy (non-hydrogen) atoms. The SMILES string of the molecule is COc1ccc2[nH]c3c(c2c1)CCN1COC(=O)C31. The third-order valence-electron chi connectivity index (χ3n) is 4.03. The van der Waals surface area contributed by atoms with E-state index in [4.69, 9.17) is 9.47 Å². The van der Waals surface area contributed by atoms with Crippen molar-refractivity contribution in [2.45, 2.75) is 12.5 Å². The number of carbonyl (C=O) groups excluding carboxylic acids is 1. The molecule has 2 aliphatic heterocycles. The molecule has 0 amide bonds. The molecule has 2 aliphatic rings. The van der Waals surface area contributed by atoms with Crippen molar-refractivity contribution < 1.29 is 14.3 Å². The molecule has 0 radical (unpaired) electrons. The van der Waals surface area contributed by atoms with Crippen LogP contribution in [0.3, 0.4) is 0 Å². The van der Waals surface area contributed by atoms with E-state index in [1.807, 2.05) is 18.2 Å². The summed E-state index contributed by atoms with van der Waals surface area (Å²) in [4.78, 5) is 17.3. The lowest BCUT2D eigenvalue weighted by molar-refractivity contribution is -0.139. The molecule has 1 unspecified atom stereocenters. The van der Waals surface area contributed by atoms with Crippen LogP contribution < -0.4 is 4.74 Å². The highest BCUT2D eigenvalue weighted by molar-refractivity contribution is 5.90. The molecule has 3 heterocycles. The molecule has 1 saturated heterocycles. The molecule has 0 spiro atoms. The molecule has 1 aromatic heterocycles. The second-order valence-electron chi connectivity index (χ2n) is 4.99. The maximum atomic E-state index is 11.9. The van der Waals surface area contributed by atoms with Gasteiger partial charge in [-0.15, -0.1) is 0 Å². The Morgan fingerprint density at radius 1 is 1.47 bits per heavy atom. The summed E-state index contributed by atoms with van der Waals surface area (Å²) in [6.45, 7) is 1.26. The monoisotopic (exact) mass is 258 g/mol. The van der Waals surface area contributed by atoms with E-state index in [1.165, 1.54) is 5.56 Å². The van der Waals surface area contributed by atoms with Gasteiger partial charge in [0.2, 0.25) is 0 Å². The maximum absolute atomic E-state index is 11.9.